The first-order valence-electron chi connectivity index (χ1n) is 22.5. The third kappa shape index (κ3) is 22.1. The van der Waals surface area contributed by atoms with Crippen molar-refractivity contribution in [3.05, 3.63) is 147 Å². The van der Waals surface area contributed by atoms with Crippen LogP contribution in [0, 0.1) is 41.5 Å². The highest BCUT2D eigenvalue weighted by Gasteiger charge is 2.15. The highest BCUT2D eigenvalue weighted by atomic mass is 32.2. The lowest BCUT2D eigenvalue weighted by molar-refractivity contribution is 0.276. The molecule has 0 aliphatic rings. The van der Waals surface area contributed by atoms with Crippen LogP contribution in [0.5, 0.6) is 17.2 Å². The van der Waals surface area contributed by atoms with Gasteiger partial charge in [-0.1, -0.05) is 48.0 Å². The molecule has 68 heavy (non-hydrogen) atoms. The predicted molar refractivity (Wildman–Crippen MR) is 271 cm³/mol. The SMILES string of the molecule is COc1cc(CCCO)c(C)cc1C.COc1cc(CCCO)c(CO)cc1C.COc1ccc(S(=O)(=O)CCO)cc1C.Cc1ccc(CCCO)cc1.Cc1cccc(S(=O)(=O)CCO)c1. The normalized spacial score (nSPS) is 10.8. The van der Waals surface area contributed by atoms with Gasteiger partial charge in [0.1, 0.15) is 17.2 Å². The van der Waals surface area contributed by atoms with Crippen molar-refractivity contribution in [2.24, 2.45) is 0 Å². The van der Waals surface area contributed by atoms with Crippen molar-refractivity contribution >= 4 is 19.7 Å². The molecule has 0 saturated carbocycles. The van der Waals surface area contributed by atoms with E-state index in [1.165, 1.54) is 41.5 Å². The molecule has 0 heterocycles. The second-order valence-electron chi connectivity index (χ2n) is 16.0. The van der Waals surface area contributed by atoms with E-state index >= 15 is 0 Å². The Labute approximate surface area is 405 Å². The summed E-state index contributed by atoms with van der Waals surface area (Å²) in [5, 5.41) is 52.5. The Morgan fingerprint density at radius 1 is 0.412 bits per heavy atom. The van der Waals surface area contributed by atoms with Crippen molar-refractivity contribution in [3.63, 3.8) is 0 Å². The van der Waals surface area contributed by atoms with E-state index in [2.05, 4.69) is 50.2 Å². The molecular formula is C53H76O13S2. The van der Waals surface area contributed by atoms with E-state index in [0.717, 1.165) is 77.0 Å². The minimum atomic E-state index is -3.36. The molecule has 13 nitrogen and oxygen atoms in total. The van der Waals surface area contributed by atoms with Gasteiger partial charge in [0.05, 0.1) is 62.4 Å². The van der Waals surface area contributed by atoms with Crippen LogP contribution >= 0.6 is 0 Å². The summed E-state index contributed by atoms with van der Waals surface area (Å²) in [6.45, 7) is 11.8. The number of benzene rings is 5. The Morgan fingerprint density at radius 2 is 0.882 bits per heavy atom. The van der Waals surface area contributed by atoms with E-state index in [1.807, 2.05) is 39.0 Å². The fourth-order valence-corrected chi connectivity index (χ4v) is 8.89. The second kappa shape index (κ2) is 32.8. The Hall–Kier alpha value is -4.84. The molecule has 5 aromatic rings. The quantitative estimate of drug-likeness (QED) is 0.0487. The first-order valence-corrected chi connectivity index (χ1v) is 25.8. The van der Waals surface area contributed by atoms with Gasteiger partial charge in [0.15, 0.2) is 19.7 Å². The standard InChI is InChI=1S/C12H18O3.C12H18O2.C10H14O4S.C10H14O.C9H12O3S/c1-9-6-11(8-14)10(4-3-5-13)7-12(9)15-2;1-9-7-10(2)12(14-3)8-11(9)5-4-6-13;1-8-7-9(3-4-10(8)14-2)15(12,13)6-5-11;1-9-4-6-10(7-5-9)3-2-8-11;1-8-3-2-4-9(7-8)13(11,12)6-5-10/h6-7,13-14H,3-5,8H2,1-2H3;7-8,13H,4-6H2,1-3H3;3-4,7,11H,5-6H2,1-2H3;4-7,11H,2-3,8H2,1H3;2-4,7,10H,5-6H2,1H3. The molecule has 5 rings (SSSR count). The smallest absolute Gasteiger partial charge is 0.180 e. The average molecular weight is 985 g/mol. The maximum atomic E-state index is 11.6. The largest absolute Gasteiger partial charge is 0.496 e. The van der Waals surface area contributed by atoms with Gasteiger partial charge in [-0.15, -0.1) is 0 Å². The van der Waals surface area contributed by atoms with Crippen LogP contribution in [0.3, 0.4) is 0 Å². The van der Waals surface area contributed by atoms with Crippen LogP contribution in [0.25, 0.3) is 0 Å². The van der Waals surface area contributed by atoms with Crippen molar-refractivity contribution in [3.8, 4) is 17.2 Å². The number of aliphatic hydroxyl groups is 6. The third-order valence-corrected chi connectivity index (χ3v) is 13.9. The Bertz CT molecular complexity index is 2430. The number of hydrogen-bond acceptors (Lipinski definition) is 13. The Morgan fingerprint density at radius 3 is 1.35 bits per heavy atom. The van der Waals surface area contributed by atoms with Crippen LogP contribution in [0.15, 0.2) is 101 Å². The van der Waals surface area contributed by atoms with Crippen molar-refractivity contribution in [1.82, 2.24) is 0 Å². The Kier molecular flexibility index (Phi) is 29.5. The zero-order valence-electron chi connectivity index (χ0n) is 41.4. The van der Waals surface area contributed by atoms with Crippen LogP contribution in [-0.2, 0) is 45.5 Å². The van der Waals surface area contributed by atoms with Gasteiger partial charge < -0.3 is 44.8 Å². The summed E-state index contributed by atoms with van der Waals surface area (Å²) in [7, 11) is -1.79. The molecule has 5 aromatic carbocycles. The summed E-state index contributed by atoms with van der Waals surface area (Å²) in [6, 6.07) is 27.8. The van der Waals surface area contributed by atoms with Crippen molar-refractivity contribution in [2.75, 3.05) is 65.9 Å². The van der Waals surface area contributed by atoms with Gasteiger partial charge in [0.25, 0.3) is 0 Å². The first-order chi connectivity index (χ1) is 32.3. The van der Waals surface area contributed by atoms with Crippen molar-refractivity contribution in [1.29, 1.82) is 0 Å². The zero-order valence-corrected chi connectivity index (χ0v) is 43.1. The molecule has 0 saturated heterocycles. The summed E-state index contributed by atoms with van der Waals surface area (Å²) >= 11 is 0. The summed E-state index contributed by atoms with van der Waals surface area (Å²) in [4.78, 5) is 0.497. The first kappa shape index (κ1) is 61.2. The molecule has 0 bridgehead atoms. The molecule has 6 N–H and O–H groups in total. The van der Waals surface area contributed by atoms with E-state index in [1.54, 1.807) is 45.4 Å². The van der Waals surface area contributed by atoms with E-state index in [-0.39, 0.29) is 60.9 Å². The lowest BCUT2D eigenvalue weighted by Crippen LogP contribution is -2.10. The van der Waals surface area contributed by atoms with E-state index in [4.69, 9.17) is 39.7 Å². The second-order valence-corrected chi connectivity index (χ2v) is 20.2. The highest BCUT2D eigenvalue weighted by Crippen LogP contribution is 2.25. The van der Waals surface area contributed by atoms with Gasteiger partial charge >= 0.3 is 0 Å². The number of hydrogen-bond donors (Lipinski definition) is 6. The summed E-state index contributed by atoms with van der Waals surface area (Å²) in [5.74, 6) is 1.96. The topological polar surface area (TPSA) is 217 Å². The monoisotopic (exact) mass is 984 g/mol. The minimum Gasteiger partial charge on any atom is -0.496 e. The molecule has 0 aromatic heterocycles. The van der Waals surface area contributed by atoms with Gasteiger partial charge in [-0.2, -0.15) is 0 Å². The fraction of sp³-hybridized carbons (Fsp3) is 0.434. The van der Waals surface area contributed by atoms with Crippen molar-refractivity contribution in [2.45, 2.75) is 96.5 Å². The van der Waals surface area contributed by atoms with Gasteiger partial charge in [-0.05, 0) is 179 Å². The number of sulfone groups is 2. The molecule has 378 valence electrons. The maximum absolute atomic E-state index is 11.6. The number of ether oxygens (including phenoxy) is 3. The van der Waals surface area contributed by atoms with Gasteiger partial charge in [-0.3, -0.25) is 0 Å². The molecule has 0 atom stereocenters. The van der Waals surface area contributed by atoms with E-state index in [0.29, 0.717) is 12.2 Å². The predicted octanol–water partition coefficient (Wildman–Crippen LogP) is 7.11. The number of rotatable bonds is 19. The lowest BCUT2D eigenvalue weighted by Gasteiger charge is -2.12. The van der Waals surface area contributed by atoms with Gasteiger partial charge in [0.2, 0.25) is 0 Å². The lowest BCUT2D eigenvalue weighted by atomic mass is 10.0. The molecule has 0 fully saturated rings. The van der Waals surface area contributed by atoms with Crippen LogP contribution in [0.2, 0.25) is 0 Å². The number of methoxy groups -OCH3 is 3. The number of aliphatic hydroxyl groups excluding tert-OH is 6. The molecule has 15 heteroatoms. The van der Waals surface area contributed by atoms with Gasteiger partial charge in [0, 0.05) is 19.8 Å². The average Bonchev–Trinajstić information content (AvgIpc) is 3.31. The fourth-order valence-electron chi connectivity index (χ4n) is 6.66. The summed E-state index contributed by atoms with van der Waals surface area (Å²) < 4.78 is 61.5. The third-order valence-electron chi connectivity index (χ3n) is 10.5. The zero-order chi connectivity index (χ0) is 51.3. The highest BCUT2D eigenvalue weighted by molar-refractivity contribution is 7.91. The summed E-state index contributed by atoms with van der Waals surface area (Å²) in [5.41, 5.74) is 11.0. The van der Waals surface area contributed by atoms with Crippen molar-refractivity contribution < 1.29 is 61.7 Å². The molecule has 0 aliphatic carbocycles. The molecular weight excluding hydrogens is 909 g/mol. The minimum absolute atomic E-state index is 0.0333. The number of aryl methyl sites for hydroxylation is 9. The van der Waals surface area contributed by atoms with E-state index in [9.17, 15) is 21.9 Å². The Balaban J connectivity index is 0.000000427. The molecule has 0 radical (unpaired) electrons. The van der Waals surface area contributed by atoms with Crippen LogP contribution < -0.4 is 14.2 Å². The van der Waals surface area contributed by atoms with Crippen LogP contribution in [0.4, 0.5) is 0 Å². The molecule has 0 spiro atoms. The van der Waals surface area contributed by atoms with Crippen LogP contribution in [0.1, 0.15) is 74.9 Å². The molecule has 0 amide bonds. The molecule has 0 unspecified atom stereocenters. The maximum Gasteiger partial charge on any atom is 0.180 e. The summed E-state index contributed by atoms with van der Waals surface area (Å²) in [6.07, 6.45) is 5.05. The van der Waals surface area contributed by atoms with E-state index < -0.39 is 19.7 Å². The van der Waals surface area contributed by atoms with Crippen LogP contribution in [-0.4, -0.2) is 113 Å². The van der Waals surface area contributed by atoms with Gasteiger partial charge in [-0.25, -0.2) is 16.8 Å². The molecule has 0 aliphatic heterocycles.